The smallest absolute Gasteiger partial charge is 0.399 e. The molecule has 114 valence electrons. The molecule has 0 radical (unpaired) electrons. The van der Waals surface area contributed by atoms with Crippen LogP contribution in [0.3, 0.4) is 0 Å². The highest BCUT2D eigenvalue weighted by atomic mass is 16.5. The largest absolute Gasteiger partial charge is 0.459 e. The molecule has 0 aromatic rings. The minimum absolute atomic E-state index is 0.0480. The van der Waals surface area contributed by atoms with Crippen LogP contribution < -0.4 is 5.32 Å². The number of aliphatic imine (C=N–C) groups is 1. The van der Waals surface area contributed by atoms with Crippen molar-refractivity contribution in [3.63, 3.8) is 0 Å². The lowest BCUT2D eigenvalue weighted by Gasteiger charge is -2.28. The van der Waals surface area contributed by atoms with Gasteiger partial charge in [-0.3, -0.25) is 9.59 Å². The van der Waals surface area contributed by atoms with Crippen LogP contribution in [0.2, 0.25) is 0 Å². The molecule has 2 aliphatic carbocycles. The third-order valence-corrected chi connectivity index (χ3v) is 3.95. The molecule has 6 heteroatoms. The van der Waals surface area contributed by atoms with Crippen molar-refractivity contribution in [2.45, 2.75) is 26.2 Å². The number of fused-ring (bicyclic) bond motifs is 2. The van der Waals surface area contributed by atoms with Crippen LogP contribution in [-0.4, -0.2) is 30.1 Å². The van der Waals surface area contributed by atoms with E-state index in [1.807, 2.05) is 6.08 Å². The fourth-order valence-corrected chi connectivity index (χ4v) is 3.01. The Morgan fingerprint density at radius 2 is 2.23 bits per heavy atom. The van der Waals surface area contributed by atoms with Crippen LogP contribution in [0.25, 0.3) is 0 Å². The summed E-state index contributed by atoms with van der Waals surface area (Å²) in [5.41, 5.74) is 3.09. The van der Waals surface area contributed by atoms with Crippen LogP contribution in [0.4, 0.5) is 0 Å². The fourth-order valence-electron chi connectivity index (χ4n) is 3.01. The Balaban J connectivity index is 1.84. The van der Waals surface area contributed by atoms with Crippen LogP contribution in [-0.2, 0) is 19.1 Å². The highest BCUT2D eigenvalue weighted by molar-refractivity contribution is 6.36. The van der Waals surface area contributed by atoms with Crippen molar-refractivity contribution in [3.8, 4) is 0 Å². The van der Waals surface area contributed by atoms with Crippen molar-refractivity contribution in [3.05, 3.63) is 35.1 Å². The van der Waals surface area contributed by atoms with Crippen LogP contribution in [0.15, 0.2) is 40.1 Å². The van der Waals surface area contributed by atoms with Gasteiger partial charge in [-0.25, -0.2) is 9.79 Å². The first-order chi connectivity index (χ1) is 10.6. The molecule has 0 bridgehead atoms. The van der Waals surface area contributed by atoms with E-state index in [2.05, 4.69) is 15.0 Å². The Morgan fingerprint density at radius 1 is 1.41 bits per heavy atom. The number of nitrogens with one attached hydrogen (secondary N) is 1. The first kappa shape index (κ1) is 14.4. The Bertz CT molecular complexity index is 682. The predicted octanol–water partition coefficient (Wildman–Crippen LogP) is 1.20. The Hall–Kier alpha value is -2.50. The first-order valence-corrected chi connectivity index (χ1v) is 7.33. The summed E-state index contributed by atoms with van der Waals surface area (Å²) in [6.45, 7) is 1.75. The van der Waals surface area contributed by atoms with Gasteiger partial charge in [-0.2, -0.15) is 0 Å². The van der Waals surface area contributed by atoms with E-state index in [0.29, 0.717) is 11.4 Å². The van der Waals surface area contributed by atoms with Gasteiger partial charge in [0.15, 0.2) is 0 Å². The monoisotopic (exact) mass is 300 g/mol. The number of rotatable bonds is 1. The quantitative estimate of drug-likeness (QED) is 0.582. The SMILES string of the molecule is CCOC(=O)C(=O)N=C1C=CC2C(=C1)NC(=O)C1=C2CCC1. The lowest BCUT2D eigenvalue weighted by Crippen LogP contribution is -2.35. The van der Waals surface area contributed by atoms with Gasteiger partial charge in [0.1, 0.15) is 0 Å². The van der Waals surface area contributed by atoms with Gasteiger partial charge in [0, 0.05) is 17.2 Å². The molecule has 0 saturated heterocycles. The second-order valence-corrected chi connectivity index (χ2v) is 5.31. The average Bonchev–Trinajstić information content (AvgIpc) is 2.97. The molecule has 6 nitrogen and oxygen atoms in total. The summed E-state index contributed by atoms with van der Waals surface area (Å²) in [5.74, 6) is -1.94. The molecule has 0 aromatic heterocycles. The average molecular weight is 300 g/mol. The molecule has 1 heterocycles. The number of hydrogen-bond acceptors (Lipinski definition) is 4. The van der Waals surface area contributed by atoms with E-state index < -0.39 is 11.9 Å². The normalized spacial score (nSPS) is 24.6. The zero-order valence-corrected chi connectivity index (χ0v) is 12.2. The van der Waals surface area contributed by atoms with Crippen LogP contribution >= 0.6 is 0 Å². The summed E-state index contributed by atoms with van der Waals surface area (Å²) in [5, 5.41) is 2.85. The summed E-state index contributed by atoms with van der Waals surface area (Å²) < 4.78 is 4.61. The number of ether oxygens (including phenoxy) is 1. The van der Waals surface area contributed by atoms with Gasteiger partial charge in [-0.15, -0.1) is 0 Å². The van der Waals surface area contributed by atoms with E-state index in [1.54, 1.807) is 19.1 Å². The number of hydrogen-bond donors (Lipinski definition) is 1. The maximum absolute atomic E-state index is 12.0. The third-order valence-electron chi connectivity index (χ3n) is 3.95. The van der Waals surface area contributed by atoms with Crippen molar-refractivity contribution in [1.29, 1.82) is 0 Å². The number of nitrogens with zero attached hydrogens (tertiary/aromatic N) is 1. The Kier molecular flexibility index (Phi) is 3.75. The zero-order valence-electron chi connectivity index (χ0n) is 12.2. The van der Waals surface area contributed by atoms with Crippen LogP contribution in [0.5, 0.6) is 0 Å². The molecule has 1 atom stereocenters. The molecule has 1 unspecified atom stereocenters. The molecule has 1 aliphatic heterocycles. The van der Waals surface area contributed by atoms with E-state index in [9.17, 15) is 14.4 Å². The summed E-state index contributed by atoms with van der Waals surface area (Å²) in [6, 6.07) is 0. The number of allylic oxidation sites excluding steroid dienone is 3. The predicted molar refractivity (Wildman–Crippen MR) is 78.8 cm³/mol. The first-order valence-electron chi connectivity index (χ1n) is 7.33. The van der Waals surface area contributed by atoms with Gasteiger partial charge in [0.25, 0.3) is 5.91 Å². The van der Waals surface area contributed by atoms with Gasteiger partial charge < -0.3 is 10.1 Å². The maximum Gasteiger partial charge on any atom is 0.399 e. The molecule has 3 aliphatic rings. The Morgan fingerprint density at radius 3 is 3.00 bits per heavy atom. The molecule has 0 saturated carbocycles. The molecule has 22 heavy (non-hydrogen) atoms. The molecule has 0 spiro atoms. The summed E-state index contributed by atoms with van der Waals surface area (Å²) in [6.07, 6.45) is 7.99. The minimum atomic E-state index is -0.975. The van der Waals surface area contributed by atoms with Crippen LogP contribution in [0, 0.1) is 5.92 Å². The third kappa shape index (κ3) is 2.52. The van der Waals surface area contributed by atoms with E-state index in [1.165, 1.54) is 0 Å². The molecular formula is C16H16N2O4. The van der Waals surface area contributed by atoms with Crippen molar-refractivity contribution in [2.75, 3.05) is 6.61 Å². The van der Waals surface area contributed by atoms with Crippen molar-refractivity contribution in [2.24, 2.45) is 10.9 Å². The van der Waals surface area contributed by atoms with E-state index in [-0.39, 0.29) is 18.4 Å². The maximum atomic E-state index is 12.0. The molecule has 3 rings (SSSR count). The number of esters is 1. The van der Waals surface area contributed by atoms with E-state index in [0.717, 1.165) is 30.4 Å². The van der Waals surface area contributed by atoms with Gasteiger partial charge in [-0.1, -0.05) is 6.08 Å². The molecule has 0 aromatic carbocycles. The molecule has 0 fully saturated rings. The van der Waals surface area contributed by atoms with Crippen molar-refractivity contribution < 1.29 is 19.1 Å². The minimum Gasteiger partial charge on any atom is -0.459 e. The molecule has 1 N–H and O–H groups in total. The second kappa shape index (κ2) is 5.71. The number of carbonyl (C=O) groups is 3. The molecule has 2 amide bonds. The fraction of sp³-hybridized carbons (Fsp3) is 0.375. The Labute approximate surface area is 127 Å². The highest BCUT2D eigenvalue weighted by Gasteiger charge is 2.34. The lowest BCUT2D eigenvalue weighted by molar-refractivity contribution is -0.152. The van der Waals surface area contributed by atoms with Gasteiger partial charge in [0.05, 0.1) is 12.3 Å². The van der Waals surface area contributed by atoms with Crippen molar-refractivity contribution in [1.82, 2.24) is 5.32 Å². The standard InChI is InChI=1S/C16H16N2O4/c1-2-22-16(21)15(20)17-9-6-7-11-10-4-3-5-12(10)14(19)18-13(11)8-9/h6-8,11H,2-5H2,1H3,(H,18,19). The summed E-state index contributed by atoms with van der Waals surface area (Å²) in [7, 11) is 0. The van der Waals surface area contributed by atoms with E-state index >= 15 is 0 Å². The molecular weight excluding hydrogens is 284 g/mol. The van der Waals surface area contributed by atoms with Crippen molar-refractivity contribution >= 4 is 23.5 Å². The van der Waals surface area contributed by atoms with Gasteiger partial charge >= 0.3 is 11.9 Å². The summed E-state index contributed by atoms with van der Waals surface area (Å²) in [4.78, 5) is 38.7. The van der Waals surface area contributed by atoms with Gasteiger partial charge in [0.2, 0.25) is 0 Å². The topological polar surface area (TPSA) is 84.8 Å². The second-order valence-electron chi connectivity index (χ2n) is 5.31. The highest BCUT2D eigenvalue weighted by Crippen LogP contribution is 2.39. The van der Waals surface area contributed by atoms with Gasteiger partial charge in [-0.05, 0) is 43.9 Å². The zero-order chi connectivity index (χ0) is 15.7. The van der Waals surface area contributed by atoms with E-state index in [4.69, 9.17) is 0 Å². The van der Waals surface area contributed by atoms with Crippen LogP contribution in [0.1, 0.15) is 26.2 Å². The number of amides is 2. The summed E-state index contributed by atoms with van der Waals surface area (Å²) >= 11 is 0. The lowest BCUT2D eigenvalue weighted by atomic mass is 9.85. The number of carbonyl (C=O) groups excluding carboxylic acids is 3.